The van der Waals surface area contributed by atoms with Crippen molar-refractivity contribution < 1.29 is 27.5 Å². The van der Waals surface area contributed by atoms with E-state index >= 15 is 0 Å². The highest BCUT2D eigenvalue weighted by Crippen LogP contribution is 2.16. The molecule has 0 unspecified atom stereocenters. The number of amides is 1. The van der Waals surface area contributed by atoms with Gasteiger partial charge in [0.15, 0.2) is 5.82 Å². The molecule has 1 atom stereocenters. The van der Waals surface area contributed by atoms with Crippen LogP contribution >= 0.6 is 0 Å². The summed E-state index contributed by atoms with van der Waals surface area (Å²) < 4.78 is 41.3. The lowest BCUT2D eigenvalue weighted by atomic mass is 10.1. The quantitative estimate of drug-likeness (QED) is 0.423. The van der Waals surface area contributed by atoms with Crippen molar-refractivity contribution in [1.82, 2.24) is 15.5 Å². The van der Waals surface area contributed by atoms with Crippen molar-refractivity contribution in [3.8, 4) is 11.3 Å². The zero-order valence-electron chi connectivity index (χ0n) is 14.6. The number of methoxy groups -OCH3 is 1. The van der Waals surface area contributed by atoms with Gasteiger partial charge in [0.1, 0.15) is 6.04 Å². The highest BCUT2D eigenvalue weighted by atomic mass is 19.4. The Morgan fingerprint density at radius 3 is 2.46 bits per heavy atom. The normalized spacial score (nSPS) is 12.4. The lowest BCUT2D eigenvalue weighted by Crippen LogP contribution is -2.47. The molecule has 0 aliphatic carbocycles. The summed E-state index contributed by atoms with van der Waals surface area (Å²) >= 11 is 0. The third-order valence-corrected chi connectivity index (χ3v) is 3.39. The van der Waals surface area contributed by atoms with Gasteiger partial charge in [-0.15, -0.1) is 10.2 Å². The molecule has 2 aromatic rings. The van der Waals surface area contributed by atoms with Crippen LogP contribution in [0.4, 0.5) is 19.0 Å². The highest BCUT2D eigenvalue weighted by Gasteiger charge is 2.40. The summed E-state index contributed by atoms with van der Waals surface area (Å²) in [6.45, 7) is 0. The maximum Gasteiger partial charge on any atom is 0.471 e. The second-order valence-corrected chi connectivity index (χ2v) is 5.38. The van der Waals surface area contributed by atoms with Gasteiger partial charge in [-0.1, -0.05) is 30.3 Å². The first-order chi connectivity index (χ1) is 13.3. The van der Waals surface area contributed by atoms with E-state index in [0.717, 1.165) is 18.9 Å². The molecule has 0 bridgehead atoms. The fourth-order valence-electron chi connectivity index (χ4n) is 2.02. The number of ether oxygens (including phenoxy) is 1. The average Bonchev–Trinajstić information content (AvgIpc) is 2.70. The molecule has 8 nitrogen and oxygen atoms in total. The number of alkyl halides is 3. The van der Waals surface area contributed by atoms with Crippen LogP contribution in [0.25, 0.3) is 11.3 Å². The molecule has 1 amide bonds. The van der Waals surface area contributed by atoms with Crippen LogP contribution in [0, 0.1) is 0 Å². The summed E-state index contributed by atoms with van der Waals surface area (Å²) in [6.07, 6.45) is -4.32. The Balaban J connectivity index is 1.93. The van der Waals surface area contributed by atoms with Crippen molar-refractivity contribution in [2.24, 2.45) is 5.10 Å². The van der Waals surface area contributed by atoms with E-state index in [4.69, 9.17) is 0 Å². The number of nitrogens with one attached hydrogen (secondary N) is 2. The van der Waals surface area contributed by atoms with Gasteiger partial charge in [-0.05, 0) is 12.1 Å². The van der Waals surface area contributed by atoms with Crippen LogP contribution in [0.15, 0.2) is 47.6 Å². The Hall–Kier alpha value is -3.50. The third kappa shape index (κ3) is 6.04. The molecule has 0 saturated heterocycles. The summed E-state index contributed by atoms with van der Waals surface area (Å²) in [5.41, 5.74) is 4.06. The first kappa shape index (κ1) is 20.8. The van der Waals surface area contributed by atoms with Crippen LogP contribution in [-0.4, -0.2) is 47.6 Å². The summed E-state index contributed by atoms with van der Waals surface area (Å²) in [5, 5.41) is 13.2. The fraction of sp³-hybridized carbons (Fsp3) is 0.235. The molecular weight excluding hydrogens is 379 g/mol. The topological polar surface area (TPSA) is 106 Å². The predicted molar refractivity (Wildman–Crippen MR) is 94.2 cm³/mol. The number of hydrogen-bond acceptors (Lipinski definition) is 7. The van der Waals surface area contributed by atoms with Crippen LogP contribution in [0.1, 0.15) is 6.42 Å². The number of rotatable bonds is 7. The minimum atomic E-state index is -5.11. The number of carbonyl (C=O) groups is 2. The zero-order chi connectivity index (χ0) is 20.6. The van der Waals surface area contributed by atoms with Gasteiger partial charge in [-0.3, -0.25) is 10.2 Å². The van der Waals surface area contributed by atoms with Gasteiger partial charge in [0.25, 0.3) is 0 Å². The van der Waals surface area contributed by atoms with E-state index in [-0.39, 0.29) is 12.2 Å². The molecule has 0 aliphatic heterocycles. The molecule has 11 heteroatoms. The Labute approximate surface area is 157 Å². The van der Waals surface area contributed by atoms with Crippen LogP contribution in [0.5, 0.6) is 0 Å². The van der Waals surface area contributed by atoms with Crippen molar-refractivity contribution in [3.05, 3.63) is 42.5 Å². The Morgan fingerprint density at radius 1 is 1.18 bits per heavy atom. The molecule has 0 radical (unpaired) electrons. The molecule has 0 saturated carbocycles. The van der Waals surface area contributed by atoms with E-state index in [1.165, 1.54) is 0 Å². The van der Waals surface area contributed by atoms with Crippen molar-refractivity contribution in [1.29, 1.82) is 0 Å². The largest absolute Gasteiger partial charge is 0.471 e. The maximum atomic E-state index is 12.3. The molecule has 1 aromatic heterocycles. The molecule has 28 heavy (non-hydrogen) atoms. The third-order valence-electron chi connectivity index (χ3n) is 3.39. The number of carbonyl (C=O) groups excluding carboxylic acids is 2. The first-order valence-electron chi connectivity index (χ1n) is 7.93. The summed E-state index contributed by atoms with van der Waals surface area (Å²) in [4.78, 5) is 22.5. The van der Waals surface area contributed by atoms with E-state index < -0.39 is 24.1 Å². The number of nitrogens with zero attached hydrogens (tertiary/aromatic N) is 3. The number of hydrazone groups is 1. The molecule has 1 heterocycles. The van der Waals surface area contributed by atoms with Gasteiger partial charge in [0, 0.05) is 18.2 Å². The van der Waals surface area contributed by atoms with E-state index in [9.17, 15) is 22.8 Å². The van der Waals surface area contributed by atoms with E-state index in [0.29, 0.717) is 5.69 Å². The summed E-state index contributed by atoms with van der Waals surface area (Å²) in [6, 6.07) is 11.1. The van der Waals surface area contributed by atoms with Crippen molar-refractivity contribution in [2.45, 2.75) is 18.6 Å². The molecule has 2 N–H and O–H groups in total. The number of esters is 1. The fourth-order valence-corrected chi connectivity index (χ4v) is 2.02. The van der Waals surface area contributed by atoms with E-state index in [1.54, 1.807) is 17.4 Å². The maximum absolute atomic E-state index is 12.3. The Bertz CT molecular complexity index is 826. The standard InChI is InChI=1S/C17H16F3N5O3/c1-28-15(26)13(22-16(27)17(18,19)20)9-10-21-24-14-8-7-12(23-25-14)11-5-3-2-4-6-11/h2-8,10,13H,9H2,1H3,(H,22,27)(H,24,25)/b21-10+/t13-/m0/s1. The minimum absolute atomic E-state index is 0.282. The Kier molecular flexibility index (Phi) is 7.02. The number of aromatic nitrogens is 2. The Morgan fingerprint density at radius 2 is 1.89 bits per heavy atom. The summed E-state index contributed by atoms with van der Waals surface area (Å²) in [5.74, 6) is -2.99. The lowest BCUT2D eigenvalue weighted by Gasteiger charge is -2.15. The van der Waals surface area contributed by atoms with Gasteiger partial charge in [-0.25, -0.2) is 4.79 Å². The van der Waals surface area contributed by atoms with Gasteiger partial charge >= 0.3 is 18.1 Å². The molecular formula is C17H16F3N5O3. The summed E-state index contributed by atoms with van der Waals surface area (Å²) in [7, 11) is 0.994. The molecule has 0 aliphatic rings. The van der Waals surface area contributed by atoms with Crippen LogP contribution in [-0.2, 0) is 14.3 Å². The monoisotopic (exact) mass is 395 g/mol. The van der Waals surface area contributed by atoms with Gasteiger partial charge < -0.3 is 10.1 Å². The number of halogens is 3. The predicted octanol–water partition coefficient (Wildman–Crippen LogP) is 2.15. The minimum Gasteiger partial charge on any atom is -0.467 e. The van der Waals surface area contributed by atoms with E-state index in [1.807, 2.05) is 30.3 Å². The second kappa shape index (κ2) is 9.44. The lowest BCUT2D eigenvalue weighted by molar-refractivity contribution is -0.175. The van der Waals surface area contributed by atoms with Crippen LogP contribution in [0.3, 0.4) is 0 Å². The second-order valence-electron chi connectivity index (χ2n) is 5.38. The first-order valence-corrected chi connectivity index (χ1v) is 7.93. The van der Waals surface area contributed by atoms with Gasteiger partial charge in [0.05, 0.1) is 12.8 Å². The van der Waals surface area contributed by atoms with Crippen LogP contribution in [0.2, 0.25) is 0 Å². The molecule has 0 spiro atoms. The van der Waals surface area contributed by atoms with Crippen molar-refractivity contribution >= 4 is 23.9 Å². The average molecular weight is 395 g/mol. The SMILES string of the molecule is COC(=O)[C@H](C/C=N/Nc1ccc(-c2ccccc2)nn1)NC(=O)C(F)(F)F. The molecule has 0 fully saturated rings. The van der Waals surface area contributed by atoms with Gasteiger partial charge in [-0.2, -0.15) is 18.3 Å². The molecule has 2 rings (SSSR count). The highest BCUT2D eigenvalue weighted by molar-refractivity contribution is 5.89. The molecule has 148 valence electrons. The number of hydrogen-bond donors (Lipinski definition) is 2. The van der Waals surface area contributed by atoms with Crippen molar-refractivity contribution in [3.63, 3.8) is 0 Å². The van der Waals surface area contributed by atoms with Crippen LogP contribution < -0.4 is 10.7 Å². The number of benzene rings is 1. The number of anilines is 1. The van der Waals surface area contributed by atoms with Crippen molar-refractivity contribution in [2.75, 3.05) is 12.5 Å². The van der Waals surface area contributed by atoms with E-state index in [2.05, 4.69) is 25.5 Å². The smallest absolute Gasteiger partial charge is 0.467 e. The zero-order valence-corrected chi connectivity index (χ0v) is 14.6. The molecule has 1 aromatic carbocycles. The van der Waals surface area contributed by atoms with Gasteiger partial charge in [0.2, 0.25) is 0 Å².